The zero-order chi connectivity index (χ0) is 14.4. The number of carbonyl (C=O) groups is 2. The number of nitrogens with one attached hydrogen (secondary N) is 1. The molecule has 7 heteroatoms. The van der Waals surface area contributed by atoms with Gasteiger partial charge in [0.25, 0.3) is 0 Å². The highest BCUT2D eigenvalue weighted by atomic mass is 19.2. The maximum Gasteiger partial charge on any atom is 0.331 e. The number of esters is 1. The first-order valence-corrected chi connectivity index (χ1v) is 5.50. The van der Waals surface area contributed by atoms with Gasteiger partial charge in [0.2, 0.25) is 6.41 Å². The Kier molecular flexibility index (Phi) is 5.37. The van der Waals surface area contributed by atoms with Crippen molar-refractivity contribution < 1.29 is 28.2 Å². The summed E-state index contributed by atoms with van der Waals surface area (Å²) >= 11 is 0. The number of amides is 1. The SMILES string of the molecule is CCOC(=O)C(NC=O)C(O)c1ccc(F)c(F)c1. The topological polar surface area (TPSA) is 75.6 Å². The van der Waals surface area contributed by atoms with Crippen molar-refractivity contribution in [2.75, 3.05) is 6.61 Å². The molecule has 2 N–H and O–H groups in total. The average molecular weight is 273 g/mol. The minimum atomic E-state index is -1.54. The molecule has 0 heterocycles. The third-order valence-corrected chi connectivity index (χ3v) is 2.39. The monoisotopic (exact) mass is 273 g/mol. The molecule has 1 rings (SSSR count). The first-order chi connectivity index (χ1) is 9.01. The molecule has 1 aromatic carbocycles. The van der Waals surface area contributed by atoms with Crippen LogP contribution < -0.4 is 5.32 Å². The van der Waals surface area contributed by atoms with Gasteiger partial charge in [-0.1, -0.05) is 6.07 Å². The molecule has 0 fully saturated rings. The Hall–Kier alpha value is -2.02. The zero-order valence-corrected chi connectivity index (χ0v) is 10.1. The van der Waals surface area contributed by atoms with Crippen LogP contribution in [0.5, 0.6) is 0 Å². The van der Waals surface area contributed by atoms with Gasteiger partial charge in [-0.3, -0.25) is 4.79 Å². The molecule has 0 aliphatic rings. The summed E-state index contributed by atoms with van der Waals surface area (Å²) < 4.78 is 30.5. The van der Waals surface area contributed by atoms with E-state index in [0.717, 1.165) is 18.2 Å². The van der Waals surface area contributed by atoms with Gasteiger partial charge in [0.05, 0.1) is 6.61 Å². The minimum absolute atomic E-state index is 0.0497. The number of halogens is 2. The fraction of sp³-hybridized carbons (Fsp3) is 0.333. The van der Waals surface area contributed by atoms with Gasteiger partial charge in [-0.2, -0.15) is 0 Å². The molecule has 0 aliphatic heterocycles. The molecule has 5 nitrogen and oxygen atoms in total. The Morgan fingerprint density at radius 2 is 2.16 bits per heavy atom. The van der Waals surface area contributed by atoms with E-state index in [9.17, 15) is 23.5 Å². The second kappa shape index (κ2) is 6.79. The highest BCUT2D eigenvalue weighted by Gasteiger charge is 2.29. The van der Waals surface area contributed by atoms with Crippen LogP contribution >= 0.6 is 0 Å². The van der Waals surface area contributed by atoms with E-state index >= 15 is 0 Å². The standard InChI is InChI=1S/C12H13F2NO4/c1-2-19-12(18)10(15-6-16)11(17)7-3-4-8(13)9(14)5-7/h3-6,10-11,17H,2H2,1H3,(H,15,16). The highest BCUT2D eigenvalue weighted by Crippen LogP contribution is 2.20. The molecule has 0 saturated carbocycles. The van der Waals surface area contributed by atoms with Crippen molar-refractivity contribution in [1.29, 1.82) is 0 Å². The van der Waals surface area contributed by atoms with Crippen molar-refractivity contribution in [3.05, 3.63) is 35.4 Å². The second-order valence-corrected chi connectivity index (χ2v) is 3.63. The lowest BCUT2D eigenvalue weighted by Gasteiger charge is -2.20. The maximum absolute atomic E-state index is 13.0. The molecule has 1 aromatic rings. The number of hydrogen-bond donors (Lipinski definition) is 2. The lowest BCUT2D eigenvalue weighted by Crippen LogP contribution is -2.42. The first kappa shape index (κ1) is 15.0. The van der Waals surface area contributed by atoms with Crippen molar-refractivity contribution in [3.63, 3.8) is 0 Å². The molecule has 2 atom stereocenters. The van der Waals surface area contributed by atoms with Crippen LogP contribution in [0.25, 0.3) is 0 Å². The summed E-state index contributed by atoms with van der Waals surface area (Å²) in [7, 11) is 0. The van der Waals surface area contributed by atoms with Crippen LogP contribution in [0.15, 0.2) is 18.2 Å². The summed E-state index contributed by atoms with van der Waals surface area (Å²) in [4.78, 5) is 21.9. The molecule has 0 radical (unpaired) electrons. The summed E-state index contributed by atoms with van der Waals surface area (Å²) in [5.41, 5.74) is -0.0497. The van der Waals surface area contributed by atoms with Gasteiger partial charge in [-0.05, 0) is 24.6 Å². The van der Waals surface area contributed by atoms with E-state index in [2.05, 4.69) is 10.1 Å². The molecule has 1 amide bonds. The number of benzene rings is 1. The van der Waals surface area contributed by atoms with Crippen LogP contribution in [0.2, 0.25) is 0 Å². The van der Waals surface area contributed by atoms with Crippen LogP contribution in [0.1, 0.15) is 18.6 Å². The van der Waals surface area contributed by atoms with Gasteiger partial charge in [0.15, 0.2) is 17.7 Å². The molecular formula is C12H13F2NO4. The number of carbonyl (C=O) groups excluding carboxylic acids is 2. The Morgan fingerprint density at radius 1 is 1.47 bits per heavy atom. The molecule has 0 bridgehead atoms. The molecule has 0 saturated heterocycles. The van der Waals surface area contributed by atoms with E-state index in [1.54, 1.807) is 6.92 Å². The van der Waals surface area contributed by atoms with Gasteiger partial charge in [0, 0.05) is 0 Å². The summed E-state index contributed by atoms with van der Waals surface area (Å²) in [5, 5.41) is 12.0. The minimum Gasteiger partial charge on any atom is -0.464 e. The van der Waals surface area contributed by atoms with Crippen molar-refractivity contribution in [3.8, 4) is 0 Å². The molecule has 19 heavy (non-hydrogen) atoms. The lowest BCUT2D eigenvalue weighted by molar-refractivity contribution is -0.149. The van der Waals surface area contributed by atoms with Crippen LogP contribution in [0, 0.1) is 11.6 Å². The lowest BCUT2D eigenvalue weighted by atomic mass is 10.0. The molecule has 0 spiro atoms. The average Bonchev–Trinajstić information content (AvgIpc) is 2.38. The third-order valence-electron chi connectivity index (χ3n) is 2.39. The van der Waals surface area contributed by atoms with E-state index in [1.165, 1.54) is 0 Å². The van der Waals surface area contributed by atoms with Crippen LogP contribution in [0.3, 0.4) is 0 Å². The number of aliphatic hydroxyl groups is 1. The van der Waals surface area contributed by atoms with Crippen LogP contribution in [0.4, 0.5) is 8.78 Å². The van der Waals surface area contributed by atoms with E-state index < -0.39 is 29.7 Å². The zero-order valence-electron chi connectivity index (χ0n) is 10.1. The largest absolute Gasteiger partial charge is 0.464 e. The van der Waals surface area contributed by atoms with Crippen molar-refractivity contribution in [1.82, 2.24) is 5.32 Å². The van der Waals surface area contributed by atoms with Gasteiger partial charge in [0.1, 0.15) is 6.10 Å². The predicted molar refractivity (Wildman–Crippen MR) is 60.9 cm³/mol. The number of hydrogen-bond acceptors (Lipinski definition) is 4. The quantitative estimate of drug-likeness (QED) is 0.590. The summed E-state index contributed by atoms with van der Waals surface area (Å²) in [6, 6.07) is 1.29. The van der Waals surface area contributed by atoms with E-state index in [1.807, 2.05) is 0 Å². The number of rotatable bonds is 6. The smallest absolute Gasteiger partial charge is 0.331 e. The fourth-order valence-corrected chi connectivity index (χ4v) is 1.48. The van der Waals surface area contributed by atoms with Gasteiger partial charge in [-0.15, -0.1) is 0 Å². The van der Waals surface area contributed by atoms with Crippen LogP contribution in [-0.4, -0.2) is 30.1 Å². The van der Waals surface area contributed by atoms with Crippen molar-refractivity contribution in [2.45, 2.75) is 19.1 Å². The van der Waals surface area contributed by atoms with E-state index in [4.69, 9.17) is 0 Å². The molecule has 0 aromatic heterocycles. The predicted octanol–water partition coefficient (Wildman–Crippen LogP) is 0.676. The van der Waals surface area contributed by atoms with Gasteiger partial charge >= 0.3 is 5.97 Å². The highest BCUT2D eigenvalue weighted by molar-refractivity contribution is 5.79. The van der Waals surface area contributed by atoms with Crippen molar-refractivity contribution >= 4 is 12.4 Å². The Bertz CT molecular complexity index is 467. The van der Waals surface area contributed by atoms with Crippen LogP contribution in [-0.2, 0) is 14.3 Å². The maximum atomic E-state index is 13.0. The Morgan fingerprint density at radius 3 is 2.68 bits per heavy atom. The summed E-state index contributed by atoms with van der Waals surface area (Å²) in [6.45, 7) is 1.61. The molecule has 0 aliphatic carbocycles. The second-order valence-electron chi connectivity index (χ2n) is 3.63. The number of aliphatic hydroxyl groups excluding tert-OH is 1. The van der Waals surface area contributed by atoms with E-state index in [-0.39, 0.29) is 18.6 Å². The van der Waals surface area contributed by atoms with Crippen molar-refractivity contribution in [2.24, 2.45) is 0 Å². The normalized spacial score (nSPS) is 13.5. The fourth-order valence-electron chi connectivity index (χ4n) is 1.48. The van der Waals surface area contributed by atoms with E-state index in [0.29, 0.717) is 0 Å². The third kappa shape index (κ3) is 3.72. The summed E-state index contributed by atoms with van der Waals surface area (Å²) in [5.74, 6) is -3.11. The molecule has 2 unspecified atom stereocenters. The van der Waals surface area contributed by atoms with Gasteiger partial charge < -0.3 is 15.2 Å². The first-order valence-electron chi connectivity index (χ1n) is 5.50. The molecule has 104 valence electrons. The Labute approximate surface area is 108 Å². The van der Waals surface area contributed by atoms with Gasteiger partial charge in [-0.25, -0.2) is 13.6 Å². The number of ether oxygens (including phenoxy) is 1. The Balaban J connectivity index is 2.97. The molecular weight excluding hydrogens is 260 g/mol. The summed E-state index contributed by atoms with van der Waals surface area (Å²) in [6.07, 6.45) is -1.33.